The normalized spacial score (nSPS) is 19.9. The molecular weight excluding hydrogens is 322 g/mol. The third kappa shape index (κ3) is 2.79. The van der Waals surface area contributed by atoms with Crippen molar-refractivity contribution in [2.24, 2.45) is 0 Å². The van der Waals surface area contributed by atoms with Gasteiger partial charge in [0.1, 0.15) is 11.5 Å². The fourth-order valence-electron chi connectivity index (χ4n) is 3.37. The van der Waals surface area contributed by atoms with Crippen LogP contribution in [0.5, 0.6) is 11.5 Å². The fraction of sp³-hybridized carbons (Fsp3) is 0.444. The summed E-state index contributed by atoms with van der Waals surface area (Å²) >= 11 is 0. The van der Waals surface area contributed by atoms with Gasteiger partial charge in [-0.05, 0) is 24.6 Å². The molecule has 2 aliphatic heterocycles. The third-order valence-corrected chi connectivity index (χ3v) is 4.68. The Hall–Kier alpha value is -2.70. The molecule has 0 fully saturated rings. The van der Waals surface area contributed by atoms with Crippen molar-refractivity contribution in [3.05, 3.63) is 35.0 Å². The molecule has 7 nitrogen and oxygen atoms in total. The maximum Gasteiger partial charge on any atom is 0.322 e. The van der Waals surface area contributed by atoms with E-state index in [0.29, 0.717) is 35.7 Å². The van der Waals surface area contributed by atoms with Gasteiger partial charge in [0.25, 0.3) is 5.91 Å². The first-order valence-electron chi connectivity index (χ1n) is 8.30. The van der Waals surface area contributed by atoms with Crippen LogP contribution in [-0.2, 0) is 4.79 Å². The fourth-order valence-corrected chi connectivity index (χ4v) is 3.37. The van der Waals surface area contributed by atoms with Crippen molar-refractivity contribution in [2.45, 2.75) is 19.4 Å². The molecule has 7 heteroatoms. The molecule has 0 aliphatic carbocycles. The van der Waals surface area contributed by atoms with Crippen LogP contribution in [0.3, 0.4) is 0 Å². The zero-order valence-corrected chi connectivity index (χ0v) is 15.0. The lowest BCUT2D eigenvalue weighted by molar-refractivity contribution is -0.125. The smallest absolute Gasteiger partial charge is 0.322 e. The predicted molar refractivity (Wildman–Crippen MR) is 92.5 cm³/mol. The summed E-state index contributed by atoms with van der Waals surface area (Å²) < 4.78 is 10.8. The zero-order valence-electron chi connectivity index (χ0n) is 15.0. The van der Waals surface area contributed by atoms with Crippen LogP contribution in [0.1, 0.15) is 24.9 Å². The molecule has 1 aromatic rings. The van der Waals surface area contributed by atoms with Crippen molar-refractivity contribution >= 4 is 11.9 Å². The van der Waals surface area contributed by atoms with Crippen LogP contribution in [-0.4, -0.2) is 56.1 Å². The molecule has 0 saturated carbocycles. The third-order valence-electron chi connectivity index (χ3n) is 4.68. The van der Waals surface area contributed by atoms with Crippen LogP contribution in [0.2, 0.25) is 0 Å². The van der Waals surface area contributed by atoms with E-state index in [9.17, 15) is 9.59 Å². The standard InChI is InChI=1S/C18H23N3O4/c1-5-8-21-10-13-15(17(21)22)16(19-18(23)20(13)2)12-9-11(24-3)6-7-14(12)25-4/h6-7,9,16H,5,8,10H2,1-4H3,(H,19,23)/t16-/m0/s1. The predicted octanol–water partition coefficient (Wildman–Crippen LogP) is 1.91. The number of hydrogen-bond donors (Lipinski definition) is 1. The van der Waals surface area contributed by atoms with Crippen molar-refractivity contribution < 1.29 is 19.1 Å². The second kappa shape index (κ2) is 6.66. The molecule has 1 atom stereocenters. The molecule has 0 bridgehead atoms. The lowest BCUT2D eigenvalue weighted by Crippen LogP contribution is -2.45. The van der Waals surface area contributed by atoms with Gasteiger partial charge in [0.2, 0.25) is 0 Å². The van der Waals surface area contributed by atoms with E-state index in [1.807, 2.05) is 6.92 Å². The number of likely N-dealkylation sites (N-methyl/N-ethyl adjacent to an activating group) is 1. The SMILES string of the molecule is CCCN1CC2=C(C1=O)[C@H](c1cc(OC)ccc1OC)NC(=O)N2C. The van der Waals surface area contributed by atoms with Crippen molar-refractivity contribution in [1.82, 2.24) is 15.1 Å². The second-order valence-corrected chi connectivity index (χ2v) is 6.14. The minimum atomic E-state index is -0.557. The quantitative estimate of drug-likeness (QED) is 0.885. The molecule has 2 heterocycles. The lowest BCUT2D eigenvalue weighted by atomic mass is 9.94. The molecule has 0 radical (unpaired) electrons. The van der Waals surface area contributed by atoms with Gasteiger partial charge in [0, 0.05) is 19.2 Å². The summed E-state index contributed by atoms with van der Waals surface area (Å²) in [5, 5.41) is 2.92. The highest BCUT2D eigenvalue weighted by atomic mass is 16.5. The lowest BCUT2D eigenvalue weighted by Gasteiger charge is -2.31. The summed E-state index contributed by atoms with van der Waals surface area (Å²) in [6, 6.07) is 4.57. The minimum absolute atomic E-state index is 0.0430. The van der Waals surface area contributed by atoms with Gasteiger partial charge in [0.05, 0.1) is 38.1 Å². The number of rotatable bonds is 5. The number of nitrogens with one attached hydrogen (secondary N) is 1. The highest BCUT2D eigenvalue weighted by molar-refractivity contribution is 6.01. The highest BCUT2D eigenvalue weighted by Gasteiger charge is 2.43. The van der Waals surface area contributed by atoms with Crippen molar-refractivity contribution in [3.63, 3.8) is 0 Å². The Labute approximate surface area is 147 Å². The largest absolute Gasteiger partial charge is 0.497 e. The number of benzene rings is 1. The van der Waals surface area contributed by atoms with Crippen LogP contribution in [0, 0.1) is 0 Å². The first-order chi connectivity index (χ1) is 12.0. The number of amides is 3. The second-order valence-electron chi connectivity index (χ2n) is 6.14. The Kier molecular flexibility index (Phi) is 4.57. The number of ether oxygens (including phenoxy) is 2. The van der Waals surface area contributed by atoms with E-state index in [1.54, 1.807) is 44.4 Å². The summed E-state index contributed by atoms with van der Waals surface area (Å²) in [4.78, 5) is 28.7. The summed E-state index contributed by atoms with van der Waals surface area (Å²) in [5.41, 5.74) is 2.06. The summed E-state index contributed by atoms with van der Waals surface area (Å²) in [6.45, 7) is 3.14. The molecule has 2 aliphatic rings. The monoisotopic (exact) mass is 345 g/mol. The number of carbonyl (C=O) groups is 2. The Balaban J connectivity index is 2.10. The van der Waals surface area contributed by atoms with Crippen molar-refractivity contribution in [1.29, 1.82) is 0 Å². The molecule has 1 aromatic carbocycles. The first kappa shape index (κ1) is 17.1. The van der Waals surface area contributed by atoms with Gasteiger partial charge in [0.15, 0.2) is 0 Å². The molecule has 0 saturated heterocycles. The Morgan fingerprint density at radius 3 is 2.64 bits per heavy atom. The van der Waals surface area contributed by atoms with Gasteiger partial charge in [-0.1, -0.05) is 6.92 Å². The van der Waals surface area contributed by atoms with Crippen molar-refractivity contribution in [3.8, 4) is 11.5 Å². The van der Waals surface area contributed by atoms with E-state index in [-0.39, 0.29) is 11.9 Å². The Morgan fingerprint density at radius 1 is 1.24 bits per heavy atom. The average Bonchev–Trinajstić information content (AvgIpc) is 2.95. The number of nitrogens with zero attached hydrogens (tertiary/aromatic N) is 2. The van der Waals surface area contributed by atoms with Gasteiger partial charge in [-0.3, -0.25) is 9.69 Å². The van der Waals surface area contributed by atoms with Gasteiger partial charge >= 0.3 is 6.03 Å². The van der Waals surface area contributed by atoms with Crippen molar-refractivity contribution in [2.75, 3.05) is 34.4 Å². The zero-order chi connectivity index (χ0) is 18.1. The molecule has 0 aromatic heterocycles. The number of hydrogen-bond acceptors (Lipinski definition) is 4. The van der Waals surface area contributed by atoms with E-state index in [2.05, 4.69) is 5.32 Å². The summed E-state index contributed by atoms with van der Waals surface area (Å²) in [7, 11) is 4.83. The molecular formula is C18H23N3O4. The number of methoxy groups -OCH3 is 2. The van der Waals surface area contributed by atoms with E-state index >= 15 is 0 Å². The summed E-state index contributed by atoms with van der Waals surface area (Å²) in [5.74, 6) is 1.20. The Bertz CT molecular complexity index is 744. The average molecular weight is 345 g/mol. The van der Waals surface area contributed by atoms with Crippen LogP contribution in [0.4, 0.5) is 4.79 Å². The number of urea groups is 1. The van der Waals surface area contributed by atoms with Crippen LogP contribution >= 0.6 is 0 Å². The topological polar surface area (TPSA) is 71.1 Å². The molecule has 0 spiro atoms. The highest BCUT2D eigenvalue weighted by Crippen LogP contribution is 2.40. The molecule has 3 rings (SSSR count). The maximum atomic E-state index is 12.9. The maximum absolute atomic E-state index is 12.9. The number of carbonyl (C=O) groups excluding carboxylic acids is 2. The molecule has 25 heavy (non-hydrogen) atoms. The molecule has 134 valence electrons. The van der Waals surface area contributed by atoms with Gasteiger partial charge < -0.3 is 19.7 Å². The van der Waals surface area contributed by atoms with E-state index in [0.717, 1.165) is 12.1 Å². The Morgan fingerprint density at radius 2 is 2.00 bits per heavy atom. The molecule has 1 N–H and O–H groups in total. The van der Waals surface area contributed by atoms with E-state index < -0.39 is 6.04 Å². The molecule has 0 unspecified atom stereocenters. The van der Waals surface area contributed by atoms with Gasteiger partial charge in [-0.15, -0.1) is 0 Å². The summed E-state index contributed by atoms with van der Waals surface area (Å²) in [6.07, 6.45) is 0.866. The van der Waals surface area contributed by atoms with E-state index in [1.165, 1.54) is 4.90 Å². The van der Waals surface area contributed by atoms with Crippen LogP contribution < -0.4 is 14.8 Å². The van der Waals surface area contributed by atoms with Crippen LogP contribution in [0.15, 0.2) is 29.5 Å². The van der Waals surface area contributed by atoms with Crippen LogP contribution in [0.25, 0.3) is 0 Å². The first-order valence-corrected chi connectivity index (χ1v) is 8.30. The van der Waals surface area contributed by atoms with E-state index in [4.69, 9.17) is 9.47 Å². The molecule has 3 amide bonds. The minimum Gasteiger partial charge on any atom is -0.497 e. The van der Waals surface area contributed by atoms with Gasteiger partial charge in [-0.25, -0.2) is 4.79 Å². The van der Waals surface area contributed by atoms with Gasteiger partial charge in [-0.2, -0.15) is 0 Å².